The molecule has 5 rings (SSSR count). The zero-order valence-corrected chi connectivity index (χ0v) is 15.4. The van der Waals surface area contributed by atoms with E-state index in [2.05, 4.69) is 0 Å². The van der Waals surface area contributed by atoms with Gasteiger partial charge < -0.3 is 29.6 Å². The molecule has 0 saturated heterocycles. The zero-order valence-electron chi connectivity index (χ0n) is 15.4. The molecular formula is C22H20O7. The van der Waals surface area contributed by atoms with Crippen molar-refractivity contribution in [3.63, 3.8) is 0 Å². The van der Waals surface area contributed by atoms with Gasteiger partial charge in [-0.25, -0.2) is 0 Å². The van der Waals surface area contributed by atoms with Gasteiger partial charge in [0, 0.05) is 24.0 Å². The van der Waals surface area contributed by atoms with Gasteiger partial charge in [0.2, 0.25) is 5.43 Å². The molecule has 1 aliphatic carbocycles. The van der Waals surface area contributed by atoms with Crippen LogP contribution in [0.2, 0.25) is 0 Å². The Labute approximate surface area is 165 Å². The van der Waals surface area contributed by atoms with Gasteiger partial charge in [0.1, 0.15) is 35.6 Å². The van der Waals surface area contributed by atoms with Crippen LogP contribution in [0.3, 0.4) is 0 Å². The van der Waals surface area contributed by atoms with Crippen molar-refractivity contribution < 1.29 is 29.6 Å². The lowest BCUT2D eigenvalue weighted by Crippen LogP contribution is -2.51. The fourth-order valence-electron chi connectivity index (χ4n) is 4.57. The molecule has 2 aliphatic rings. The van der Waals surface area contributed by atoms with E-state index in [1.807, 2.05) is 0 Å². The summed E-state index contributed by atoms with van der Waals surface area (Å²) in [7, 11) is 0. The number of rotatable bonds is 2. The summed E-state index contributed by atoms with van der Waals surface area (Å²) in [6.07, 6.45) is -1.07. The summed E-state index contributed by atoms with van der Waals surface area (Å²) in [6.45, 7) is -0.253. The van der Waals surface area contributed by atoms with Crippen molar-refractivity contribution in [2.45, 2.75) is 30.7 Å². The molecule has 5 atom stereocenters. The van der Waals surface area contributed by atoms with E-state index in [1.165, 1.54) is 18.4 Å². The van der Waals surface area contributed by atoms with Crippen LogP contribution in [-0.4, -0.2) is 45.3 Å². The third-order valence-corrected chi connectivity index (χ3v) is 6.11. The standard InChI is InChI=1S/C22H20O7/c23-8-11-7-14-17-16(29-22(14)20(27)18(11)25)6-5-13-19(26)15(9-28-21(13)17)10-1-3-12(24)4-2-10/h1-6,9,11,14,18,20,22-25,27H,7-8H2/t11-,14?,18-,20+,22-/m1/s1. The molecule has 7 heteroatoms. The summed E-state index contributed by atoms with van der Waals surface area (Å²) in [6, 6.07) is 9.61. The summed E-state index contributed by atoms with van der Waals surface area (Å²) < 4.78 is 11.8. The van der Waals surface area contributed by atoms with E-state index in [9.17, 15) is 25.2 Å². The van der Waals surface area contributed by atoms with E-state index in [0.29, 0.717) is 39.8 Å². The summed E-state index contributed by atoms with van der Waals surface area (Å²) in [5, 5.41) is 40.1. The molecule has 2 heterocycles. The van der Waals surface area contributed by atoms with Crippen molar-refractivity contribution in [1.29, 1.82) is 0 Å². The van der Waals surface area contributed by atoms with Crippen LogP contribution >= 0.6 is 0 Å². The minimum atomic E-state index is -1.14. The predicted octanol–water partition coefficient (Wildman–Crippen LogP) is 1.74. The first kappa shape index (κ1) is 18.2. The predicted molar refractivity (Wildman–Crippen MR) is 104 cm³/mol. The molecule has 0 bridgehead atoms. The first-order valence-electron chi connectivity index (χ1n) is 9.51. The van der Waals surface area contributed by atoms with Crippen LogP contribution in [-0.2, 0) is 0 Å². The van der Waals surface area contributed by atoms with Crippen molar-refractivity contribution in [3.05, 3.63) is 58.4 Å². The second-order valence-electron chi connectivity index (χ2n) is 7.73. The first-order valence-corrected chi connectivity index (χ1v) is 9.51. The van der Waals surface area contributed by atoms with E-state index in [4.69, 9.17) is 9.15 Å². The lowest BCUT2D eigenvalue weighted by atomic mass is 9.74. The Balaban J connectivity index is 1.65. The van der Waals surface area contributed by atoms with E-state index in [0.717, 1.165) is 0 Å². The van der Waals surface area contributed by atoms with Crippen LogP contribution in [0.25, 0.3) is 22.1 Å². The van der Waals surface area contributed by atoms with Crippen molar-refractivity contribution in [2.75, 3.05) is 6.61 Å². The Morgan fingerprint density at radius 2 is 1.79 bits per heavy atom. The molecule has 1 saturated carbocycles. The number of fused-ring (bicyclic) bond motifs is 5. The number of phenolic OH excluding ortho intramolecular Hbond substituents is 1. The molecule has 150 valence electrons. The Kier molecular flexibility index (Phi) is 4.13. The van der Waals surface area contributed by atoms with Crippen molar-refractivity contribution in [2.24, 2.45) is 5.92 Å². The fraction of sp³-hybridized carbons (Fsp3) is 0.318. The highest BCUT2D eigenvalue weighted by molar-refractivity contribution is 5.87. The highest BCUT2D eigenvalue weighted by Crippen LogP contribution is 2.49. The lowest BCUT2D eigenvalue weighted by Gasteiger charge is -2.38. The van der Waals surface area contributed by atoms with Gasteiger partial charge in [0.05, 0.1) is 17.1 Å². The molecule has 2 aromatic carbocycles. The smallest absolute Gasteiger partial charge is 0.200 e. The lowest BCUT2D eigenvalue weighted by molar-refractivity contribution is -0.110. The minimum absolute atomic E-state index is 0.108. The molecule has 1 aromatic heterocycles. The van der Waals surface area contributed by atoms with Gasteiger partial charge in [-0.3, -0.25) is 4.79 Å². The molecule has 1 unspecified atom stereocenters. The number of ether oxygens (including phenoxy) is 1. The highest BCUT2D eigenvalue weighted by Gasteiger charge is 2.50. The van der Waals surface area contributed by atoms with Gasteiger partial charge in [-0.05, 0) is 36.2 Å². The van der Waals surface area contributed by atoms with Crippen molar-refractivity contribution >= 4 is 11.0 Å². The number of benzene rings is 2. The maximum atomic E-state index is 13.1. The average molecular weight is 396 g/mol. The normalized spacial score (nSPS) is 28.0. The first-order chi connectivity index (χ1) is 14.0. The van der Waals surface area contributed by atoms with Gasteiger partial charge in [-0.1, -0.05) is 12.1 Å². The molecule has 0 amide bonds. The van der Waals surface area contributed by atoms with E-state index < -0.39 is 24.2 Å². The monoisotopic (exact) mass is 396 g/mol. The Morgan fingerprint density at radius 1 is 1.03 bits per heavy atom. The number of aliphatic hydroxyl groups is 3. The Morgan fingerprint density at radius 3 is 2.52 bits per heavy atom. The van der Waals surface area contributed by atoms with Crippen LogP contribution in [0.4, 0.5) is 0 Å². The molecule has 1 fully saturated rings. The van der Waals surface area contributed by atoms with Crippen molar-refractivity contribution in [3.8, 4) is 22.6 Å². The van der Waals surface area contributed by atoms with E-state index in [-0.39, 0.29) is 23.7 Å². The molecule has 29 heavy (non-hydrogen) atoms. The number of phenols is 1. The minimum Gasteiger partial charge on any atom is -0.508 e. The summed E-state index contributed by atoms with van der Waals surface area (Å²) >= 11 is 0. The van der Waals surface area contributed by atoms with Crippen LogP contribution in [0, 0.1) is 5.92 Å². The second-order valence-corrected chi connectivity index (χ2v) is 7.73. The van der Waals surface area contributed by atoms with E-state index in [1.54, 1.807) is 24.3 Å². The van der Waals surface area contributed by atoms with Gasteiger partial charge in [-0.2, -0.15) is 0 Å². The zero-order chi connectivity index (χ0) is 20.3. The van der Waals surface area contributed by atoms with Gasteiger partial charge in [-0.15, -0.1) is 0 Å². The maximum absolute atomic E-state index is 13.1. The number of aliphatic hydroxyl groups excluding tert-OH is 3. The number of aromatic hydroxyl groups is 1. The second kappa shape index (κ2) is 6.59. The van der Waals surface area contributed by atoms with Crippen LogP contribution in [0.1, 0.15) is 17.9 Å². The van der Waals surface area contributed by atoms with Crippen LogP contribution in [0.15, 0.2) is 51.9 Å². The largest absolute Gasteiger partial charge is 0.508 e. The molecule has 4 N–H and O–H groups in total. The van der Waals surface area contributed by atoms with Gasteiger partial charge >= 0.3 is 0 Å². The third-order valence-electron chi connectivity index (χ3n) is 6.11. The third kappa shape index (κ3) is 2.66. The van der Waals surface area contributed by atoms with Gasteiger partial charge in [0.15, 0.2) is 0 Å². The molecule has 0 radical (unpaired) electrons. The number of hydrogen-bond donors (Lipinski definition) is 4. The highest BCUT2D eigenvalue weighted by atomic mass is 16.5. The molecule has 7 nitrogen and oxygen atoms in total. The van der Waals surface area contributed by atoms with Crippen LogP contribution in [0.5, 0.6) is 11.5 Å². The average Bonchev–Trinajstić information content (AvgIpc) is 3.11. The molecule has 3 aromatic rings. The molecule has 1 aliphatic heterocycles. The topological polar surface area (TPSA) is 120 Å². The Hall–Kier alpha value is -2.87. The summed E-state index contributed by atoms with van der Waals surface area (Å²) in [5.41, 5.74) is 1.87. The Bertz CT molecular complexity index is 1130. The molecule has 0 spiro atoms. The van der Waals surface area contributed by atoms with Gasteiger partial charge in [0.25, 0.3) is 0 Å². The SMILES string of the molecule is O=c1c(-c2ccc(O)cc2)coc2c3c(ccc12)O[C@@H]1C3C[C@H](CO)[C@@H](O)[C@@H]1O. The number of hydrogen-bond acceptors (Lipinski definition) is 7. The quantitative estimate of drug-likeness (QED) is 0.521. The van der Waals surface area contributed by atoms with E-state index >= 15 is 0 Å². The fourth-order valence-corrected chi connectivity index (χ4v) is 4.57. The summed E-state index contributed by atoms with van der Waals surface area (Å²) in [4.78, 5) is 13.1. The summed E-state index contributed by atoms with van der Waals surface area (Å²) in [5.74, 6) is -0.166. The van der Waals surface area contributed by atoms with Crippen molar-refractivity contribution in [1.82, 2.24) is 0 Å². The maximum Gasteiger partial charge on any atom is 0.200 e. The molecular weight excluding hydrogens is 376 g/mol. The van der Waals surface area contributed by atoms with Crippen LogP contribution < -0.4 is 10.2 Å².